The number of thiazole rings is 1. The lowest BCUT2D eigenvalue weighted by Gasteiger charge is -2.29. The van der Waals surface area contributed by atoms with Gasteiger partial charge in [0.2, 0.25) is 5.91 Å². The van der Waals surface area contributed by atoms with Crippen LogP contribution in [0.3, 0.4) is 0 Å². The summed E-state index contributed by atoms with van der Waals surface area (Å²) in [5, 5.41) is 10.7. The van der Waals surface area contributed by atoms with Crippen molar-refractivity contribution < 1.29 is 4.79 Å². The number of fused-ring (bicyclic) bond motifs is 1. The summed E-state index contributed by atoms with van der Waals surface area (Å²) in [4.78, 5) is 20.5. The minimum Gasteiger partial charge on any atom is -0.367 e. The minimum atomic E-state index is 0.0547. The van der Waals surface area contributed by atoms with Gasteiger partial charge in [-0.15, -0.1) is 0 Å². The Hall–Kier alpha value is -2.19. The highest BCUT2D eigenvalue weighted by atomic mass is 79.9. The van der Waals surface area contributed by atoms with Crippen LogP contribution >= 0.6 is 27.3 Å². The molecule has 6 nitrogen and oxygen atoms in total. The third-order valence-corrected chi connectivity index (χ3v) is 6.25. The van der Waals surface area contributed by atoms with Crippen LogP contribution in [0.2, 0.25) is 0 Å². The van der Waals surface area contributed by atoms with Gasteiger partial charge in [0.15, 0.2) is 5.13 Å². The number of anilines is 3. The van der Waals surface area contributed by atoms with Gasteiger partial charge >= 0.3 is 0 Å². The number of aromatic nitrogens is 2. The van der Waals surface area contributed by atoms with Gasteiger partial charge in [-0.2, -0.15) is 0 Å². The van der Waals surface area contributed by atoms with E-state index < -0.39 is 0 Å². The molecule has 1 aliphatic rings. The van der Waals surface area contributed by atoms with E-state index in [9.17, 15) is 4.79 Å². The number of hydrogen-bond donors (Lipinski definition) is 3. The van der Waals surface area contributed by atoms with Gasteiger partial charge < -0.3 is 16.0 Å². The van der Waals surface area contributed by atoms with E-state index in [1.807, 2.05) is 30.3 Å². The first kappa shape index (κ1) is 19.1. The van der Waals surface area contributed by atoms with Crippen molar-refractivity contribution in [2.75, 3.05) is 10.6 Å². The highest BCUT2D eigenvalue weighted by molar-refractivity contribution is 9.10. The van der Waals surface area contributed by atoms with Gasteiger partial charge in [0.25, 0.3) is 0 Å². The lowest BCUT2D eigenvalue weighted by Crippen LogP contribution is -2.39. The second-order valence-corrected chi connectivity index (χ2v) is 9.00. The molecule has 3 N–H and O–H groups in total. The first-order chi connectivity index (χ1) is 13.5. The quantitative estimate of drug-likeness (QED) is 0.496. The molecule has 0 bridgehead atoms. The Kier molecular flexibility index (Phi) is 5.77. The molecule has 1 saturated carbocycles. The molecule has 1 aromatic carbocycles. The number of hydrogen-bond acceptors (Lipinski definition) is 6. The third kappa shape index (κ3) is 4.80. The molecule has 1 aliphatic carbocycles. The average molecular weight is 460 g/mol. The second kappa shape index (κ2) is 8.45. The minimum absolute atomic E-state index is 0.0547. The van der Waals surface area contributed by atoms with Gasteiger partial charge in [0.05, 0.1) is 10.2 Å². The Morgan fingerprint density at radius 1 is 1.07 bits per heavy atom. The maximum Gasteiger partial charge on any atom is 0.217 e. The third-order valence-electron chi connectivity index (χ3n) is 4.82. The first-order valence-electron chi connectivity index (χ1n) is 9.39. The number of benzene rings is 1. The fourth-order valence-corrected chi connectivity index (χ4v) is 4.95. The lowest BCUT2D eigenvalue weighted by molar-refractivity contribution is -0.119. The van der Waals surface area contributed by atoms with Crippen molar-refractivity contribution in [1.82, 2.24) is 15.3 Å². The molecule has 2 aromatic heterocycles. The second-order valence-electron chi connectivity index (χ2n) is 7.06. The molecule has 3 aromatic rings. The van der Waals surface area contributed by atoms with Crippen LogP contribution < -0.4 is 16.0 Å². The van der Waals surface area contributed by atoms with Crippen molar-refractivity contribution in [2.45, 2.75) is 44.7 Å². The summed E-state index contributed by atoms with van der Waals surface area (Å²) in [6, 6.07) is 12.7. The molecule has 0 unspecified atom stereocenters. The molecule has 0 spiro atoms. The summed E-state index contributed by atoms with van der Waals surface area (Å²) >= 11 is 5.10. The zero-order chi connectivity index (χ0) is 19.5. The SMILES string of the molecule is CC(=O)NC1CCC(Nc2cccc(Nc3nc4ccc(Br)cc4s3)n2)CC1. The summed E-state index contributed by atoms with van der Waals surface area (Å²) in [5.41, 5.74) is 0.973. The number of carbonyl (C=O) groups excluding carboxylic acids is 1. The molecule has 8 heteroatoms. The van der Waals surface area contributed by atoms with Crippen LogP contribution in [0.1, 0.15) is 32.6 Å². The van der Waals surface area contributed by atoms with Crippen molar-refractivity contribution in [2.24, 2.45) is 0 Å². The number of nitrogens with zero attached hydrogens (tertiary/aromatic N) is 2. The highest BCUT2D eigenvalue weighted by Crippen LogP contribution is 2.30. The number of halogens is 1. The topological polar surface area (TPSA) is 78.9 Å². The predicted molar refractivity (Wildman–Crippen MR) is 118 cm³/mol. The zero-order valence-corrected chi connectivity index (χ0v) is 17.9. The Labute approximate surface area is 176 Å². The summed E-state index contributed by atoms with van der Waals surface area (Å²) in [5.74, 6) is 1.69. The molecule has 0 atom stereocenters. The van der Waals surface area contributed by atoms with Crippen LogP contribution in [-0.2, 0) is 4.79 Å². The molecule has 28 heavy (non-hydrogen) atoms. The fourth-order valence-electron chi connectivity index (χ4n) is 3.52. The van der Waals surface area contributed by atoms with Crippen molar-refractivity contribution in [3.63, 3.8) is 0 Å². The zero-order valence-electron chi connectivity index (χ0n) is 15.5. The fraction of sp³-hybridized carbons (Fsp3) is 0.350. The van der Waals surface area contributed by atoms with Gasteiger partial charge in [-0.25, -0.2) is 9.97 Å². The Bertz CT molecular complexity index is 984. The predicted octanol–water partition coefficient (Wildman–Crippen LogP) is 5.06. The number of rotatable bonds is 5. The summed E-state index contributed by atoms with van der Waals surface area (Å²) in [6.45, 7) is 1.58. The Morgan fingerprint density at radius 3 is 2.61 bits per heavy atom. The van der Waals surface area contributed by atoms with E-state index in [1.54, 1.807) is 18.3 Å². The maximum atomic E-state index is 11.2. The van der Waals surface area contributed by atoms with Gasteiger partial charge in [-0.05, 0) is 56.0 Å². The van der Waals surface area contributed by atoms with E-state index in [0.717, 1.165) is 57.1 Å². The molecule has 1 amide bonds. The molecule has 2 heterocycles. The highest BCUT2D eigenvalue weighted by Gasteiger charge is 2.21. The standard InChI is InChI=1S/C20H22BrN5OS/c1-12(27)22-14-6-8-15(9-7-14)23-18-3-2-4-19(25-18)26-20-24-16-10-5-13(21)11-17(16)28-20/h2-5,10-11,14-15H,6-9H2,1H3,(H,22,27)(H2,23,24,25,26). The molecule has 0 aliphatic heterocycles. The van der Waals surface area contributed by atoms with Crippen LogP contribution in [0.25, 0.3) is 10.2 Å². The monoisotopic (exact) mass is 459 g/mol. The van der Waals surface area contributed by atoms with Crippen LogP contribution in [0.4, 0.5) is 16.8 Å². The molecule has 146 valence electrons. The van der Waals surface area contributed by atoms with E-state index in [4.69, 9.17) is 0 Å². The van der Waals surface area contributed by atoms with Crippen molar-refractivity contribution in [3.8, 4) is 0 Å². The largest absolute Gasteiger partial charge is 0.367 e. The van der Waals surface area contributed by atoms with Crippen LogP contribution in [0, 0.1) is 0 Å². The number of carbonyl (C=O) groups is 1. The Morgan fingerprint density at radius 2 is 1.82 bits per heavy atom. The maximum absolute atomic E-state index is 11.2. The first-order valence-corrected chi connectivity index (χ1v) is 11.0. The summed E-state index contributed by atoms with van der Waals surface area (Å²) in [7, 11) is 0. The van der Waals surface area contributed by atoms with Crippen molar-refractivity contribution >= 4 is 60.2 Å². The van der Waals surface area contributed by atoms with E-state index >= 15 is 0 Å². The van der Waals surface area contributed by atoms with E-state index in [1.165, 1.54) is 0 Å². The number of pyridine rings is 1. The number of nitrogens with one attached hydrogen (secondary N) is 3. The molecule has 0 saturated heterocycles. The van der Waals surface area contributed by atoms with Crippen LogP contribution in [0.5, 0.6) is 0 Å². The molecular weight excluding hydrogens is 438 g/mol. The average Bonchev–Trinajstić information content (AvgIpc) is 3.04. The van der Waals surface area contributed by atoms with E-state index in [-0.39, 0.29) is 5.91 Å². The van der Waals surface area contributed by atoms with Crippen molar-refractivity contribution in [1.29, 1.82) is 0 Å². The number of amides is 1. The lowest BCUT2D eigenvalue weighted by atomic mass is 9.91. The van der Waals surface area contributed by atoms with Gasteiger partial charge in [-0.3, -0.25) is 4.79 Å². The molecule has 0 radical (unpaired) electrons. The van der Waals surface area contributed by atoms with Crippen LogP contribution in [0.15, 0.2) is 40.9 Å². The van der Waals surface area contributed by atoms with Crippen LogP contribution in [-0.4, -0.2) is 28.0 Å². The Balaban J connectivity index is 1.38. The summed E-state index contributed by atoms with van der Waals surface area (Å²) < 4.78 is 2.18. The summed E-state index contributed by atoms with van der Waals surface area (Å²) in [6.07, 6.45) is 4.04. The van der Waals surface area contributed by atoms with Gasteiger partial charge in [-0.1, -0.05) is 33.3 Å². The van der Waals surface area contributed by atoms with Crippen molar-refractivity contribution in [3.05, 3.63) is 40.9 Å². The van der Waals surface area contributed by atoms with E-state index in [0.29, 0.717) is 12.1 Å². The molecule has 4 rings (SSSR count). The van der Waals surface area contributed by atoms with E-state index in [2.05, 4.69) is 47.9 Å². The smallest absolute Gasteiger partial charge is 0.217 e. The molecule has 1 fully saturated rings. The van der Waals surface area contributed by atoms with Gasteiger partial charge in [0, 0.05) is 23.5 Å². The van der Waals surface area contributed by atoms with Gasteiger partial charge in [0.1, 0.15) is 11.6 Å². The molecular formula is C20H22BrN5OS. The normalized spacial score (nSPS) is 19.4.